The van der Waals surface area contributed by atoms with E-state index in [4.69, 9.17) is 5.11 Å². The van der Waals surface area contributed by atoms with Crippen molar-refractivity contribution in [2.24, 2.45) is 0 Å². The first kappa shape index (κ1) is 19.5. The highest BCUT2D eigenvalue weighted by molar-refractivity contribution is 5.99. The van der Waals surface area contributed by atoms with E-state index in [-0.39, 0.29) is 11.7 Å². The Bertz CT molecular complexity index is 885. The lowest BCUT2D eigenvalue weighted by Crippen LogP contribution is -2.37. The van der Waals surface area contributed by atoms with Crippen LogP contribution in [0.2, 0.25) is 0 Å². The van der Waals surface area contributed by atoms with Gasteiger partial charge in [0.25, 0.3) is 0 Å². The summed E-state index contributed by atoms with van der Waals surface area (Å²) in [5.74, 6) is 0. The number of rotatable bonds is 3. The highest BCUT2D eigenvalue weighted by atomic mass is 19.4. The van der Waals surface area contributed by atoms with Gasteiger partial charge in [-0.25, -0.2) is 14.6 Å². The van der Waals surface area contributed by atoms with Crippen LogP contribution < -0.4 is 16.0 Å². The lowest BCUT2D eigenvalue weighted by molar-refractivity contribution is -0.141. The number of hydrogen-bond donors (Lipinski definition) is 4. The molecule has 4 N–H and O–H groups in total. The molecule has 0 fully saturated rings. The summed E-state index contributed by atoms with van der Waals surface area (Å²) in [5, 5.41) is 16.3. The van der Waals surface area contributed by atoms with Gasteiger partial charge in [0.2, 0.25) is 0 Å². The van der Waals surface area contributed by atoms with Crippen LogP contribution in [0, 0.1) is 0 Å². The summed E-state index contributed by atoms with van der Waals surface area (Å²) < 4.78 is 37.5. The zero-order valence-electron chi connectivity index (χ0n) is 14.5. The van der Waals surface area contributed by atoms with Crippen molar-refractivity contribution in [2.45, 2.75) is 31.5 Å². The van der Waals surface area contributed by atoms with E-state index in [1.165, 1.54) is 0 Å². The topological polar surface area (TPSA) is 103 Å². The highest BCUT2D eigenvalue weighted by Gasteiger charge is 2.32. The molecule has 1 aliphatic rings. The third-order valence-corrected chi connectivity index (χ3v) is 4.33. The molecule has 1 aliphatic carbocycles. The van der Waals surface area contributed by atoms with Gasteiger partial charge in [-0.2, -0.15) is 13.2 Å². The summed E-state index contributed by atoms with van der Waals surface area (Å²) in [5.41, 5.74) is 1.64. The van der Waals surface area contributed by atoms with E-state index in [9.17, 15) is 22.8 Å². The molecule has 3 rings (SSSR count). The molecular formula is C18H17F3N4O3. The van der Waals surface area contributed by atoms with Crippen LogP contribution in [0.4, 0.5) is 34.1 Å². The molecule has 7 nitrogen and oxygen atoms in total. The maximum atomic E-state index is 12.5. The molecule has 0 saturated heterocycles. The third kappa shape index (κ3) is 4.90. The normalized spacial score (nSPS) is 16.0. The molecule has 0 radical (unpaired) electrons. The molecular weight excluding hydrogens is 377 g/mol. The minimum Gasteiger partial charge on any atom is -0.465 e. The lowest BCUT2D eigenvalue weighted by atomic mass is 9.88. The fraction of sp³-hybridized carbons (Fsp3) is 0.278. The van der Waals surface area contributed by atoms with Crippen molar-refractivity contribution >= 4 is 23.5 Å². The van der Waals surface area contributed by atoms with E-state index in [2.05, 4.69) is 20.9 Å². The van der Waals surface area contributed by atoms with Crippen LogP contribution >= 0.6 is 0 Å². The second-order valence-electron chi connectivity index (χ2n) is 6.38. The van der Waals surface area contributed by atoms with Gasteiger partial charge in [-0.3, -0.25) is 0 Å². The van der Waals surface area contributed by atoms with Crippen molar-refractivity contribution in [3.8, 4) is 0 Å². The van der Waals surface area contributed by atoms with Crippen LogP contribution in [0.3, 0.4) is 0 Å². The smallest absolute Gasteiger partial charge is 0.433 e. The summed E-state index contributed by atoms with van der Waals surface area (Å²) in [6, 6.07) is 6.47. The molecule has 10 heteroatoms. The molecule has 1 aromatic carbocycles. The first-order valence-electron chi connectivity index (χ1n) is 8.43. The van der Waals surface area contributed by atoms with Crippen molar-refractivity contribution in [3.63, 3.8) is 0 Å². The molecule has 1 aromatic heterocycles. The highest BCUT2D eigenvalue weighted by Crippen LogP contribution is 2.28. The van der Waals surface area contributed by atoms with Crippen molar-refractivity contribution < 1.29 is 27.9 Å². The standard InChI is InChI=1S/C18H17F3N4O3/c19-18(20,21)15-6-5-14(9-22-15)24-16(26)23-12-3-1-11-8-13(25-17(27)28)4-2-10(11)7-12/h1,3,5-7,9,13,25H,2,4,8H2,(H,27,28)(H2,23,24,26). The van der Waals surface area contributed by atoms with Crippen LogP contribution in [-0.2, 0) is 19.0 Å². The summed E-state index contributed by atoms with van der Waals surface area (Å²) in [6.45, 7) is 0. The second-order valence-corrected chi connectivity index (χ2v) is 6.38. The number of anilines is 2. The number of urea groups is 1. The first-order chi connectivity index (χ1) is 13.2. The van der Waals surface area contributed by atoms with E-state index in [1.807, 2.05) is 6.07 Å². The van der Waals surface area contributed by atoms with E-state index in [1.54, 1.807) is 12.1 Å². The van der Waals surface area contributed by atoms with E-state index >= 15 is 0 Å². The van der Waals surface area contributed by atoms with E-state index in [0.717, 1.165) is 29.5 Å². The number of hydrogen-bond acceptors (Lipinski definition) is 3. The van der Waals surface area contributed by atoms with Crippen LogP contribution in [0.15, 0.2) is 36.5 Å². The zero-order chi connectivity index (χ0) is 20.3. The lowest BCUT2D eigenvalue weighted by Gasteiger charge is -2.25. The number of nitrogens with one attached hydrogen (secondary N) is 3. The Morgan fingerprint density at radius 3 is 2.43 bits per heavy atom. The predicted octanol–water partition coefficient (Wildman–Crippen LogP) is 3.87. The first-order valence-corrected chi connectivity index (χ1v) is 8.43. The number of benzene rings is 1. The molecule has 0 aliphatic heterocycles. The average Bonchev–Trinajstić information content (AvgIpc) is 2.61. The Kier molecular flexibility index (Phi) is 5.39. The number of nitrogens with zero attached hydrogens (tertiary/aromatic N) is 1. The number of alkyl halides is 3. The quantitative estimate of drug-likeness (QED) is 0.635. The van der Waals surface area contributed by atoms with Crippen LogP contribution in [0.25, 0.3) is 0 Å². The van der Waals surface area contributed by atoms with Gasteiger partial charge in [0.1, 0.15) is 5.69 Å². The average molecular weight is 394 g/mol. The maximum absolute atomic E-state index is 12.5. The molecule has 0 saturated carbocycles. The zero-order valence-corrected chi connectivity index (χ0v) is 14.5. The molecule has 1 heterocycles. The summed E-state index contributed by atoms with van der Waals surface area (Å²) in [6.07, 6.45) is -2.76. The van der Waals surface area contributed by atoms with Gasteiger partial charge in [-0.05, 0) is 54.7 Å². The van der Waals surface area contributed by atoms with Gasteiger partial charge < -0.3 is 21.1 Å². The molecule has 148 valence electrons. The number of pyridine rings is 1. The Morgan fingerprint density at radius 2 is 1.79 bits per heavy atom. The van der Waals surface area contributed by atoms with Gasteiger partial charge >= 0.3 is 18.3 Å². The largest absolute Gasteiger partial charge is 0.465 e. The predicted molar refractivity (Wildman–Crippen MR) is 95.3 cm³/mol. The van der Waals surface area contributed by atoms with Crippen molar-refractivity contribution in [1.29, 1.82) is 0 Å². The number of carbonyl (C=O) groups excluding carboxylic acids is 1. The fourth-order valence-corrected chi connectivity index (χ4v) is 3.06. The van der Waals surface area contributed by atoms with Gasteiger partial charge in [0.05, 0.1) is 11.9 Å². The van der Waals surface area contributed by atoms with Crippen LogP contribution in [-0.4, -0.2) is 28.3 Å². The number of aryl methyl sites for hydroxylation is 1. The van der Waals surface area contributed by atoms with E-state index in [0.29, 0.717) is 24.9 Å². The van der Waals surface area contributed by atoms with Crippen molar-refractivity contribution in [1.82, 2.24) is 10.3 Å². The van der Waals surface area contributed by atoms with Gasteiger partial charge in [-0.15, -0.1) is 0 Å². The van der Waals surface area contributed by atoms with Crippen LogP contribution in [0.1, 0.15) is 23.2 Å². The molecule has 0 bridgehead atoms. The summed E-state index contributed by atoms with van der Waals surface area (Å²) >= 11 is 0. The Balaban J connectivity index is 1.60. The number of carbonyl (C=O) groups is 2. The van der Waals surface area contributed by atoms with Crippen molar-refractivity contribution in [2.75, 3.05) is 10.6 Å². The third-order valence-electron chi connectivity index (χ3n) is 4.33. The molecule has 0 spiro atoms. The Hall–Kier alpha value is -3.30. The minimum absolute atomic E-state index is 0.131. The molecule has 28 heavy (non-hydrogen) atoms. The second kappa shape index (κ2) is 7.75. The maximum Gasteiger partial charge on any atom is 0.433 e. The molecule has 1 unspecified atom stereocenters. The number of fused-ring (bicyclic) bond motifs is 1. The Morgan fingerprint density at radius 1 is 1.07 bits per heavy atom. The monoisotopic (exact) mass is 394 g/mol. The molecule has 1 atom stereocenters. The fourth-order valence-electron chi connectivity index (χ4n) is 3.06. The van der Waals surface area contributed by atoms with Crippen LogP contribution in [0.5, 0.6) is 0 Å². The van der Waals surface area contributed by atoms with Gasteiger partial charge in [0, 0.05) is 11.7 Å². The minimum atomic E-state index is -4.54. The van der Waals surface area contributed by atoms with Gasteiger partial charge in [-0.1, -0.05) is 6.07 Å². The van der Waals surface area contributed by atoms with Crippen molar-refractivity contribution in [3.05, 3.63) is 53.3 Å². The SMILES string of the molecule is O=C(O)NC1CCc2cc(NC(=O)Nc3ccc(C(F)(F)F)nc3)ccc2C1. The number of amides is 3. The summed E-state index contributed by atoms with van der Waals surface area (Å²) in [4.78, 5) is 26.1. The number of halogens is 3. The Labute approximate surface area is 158 Å². The van der Waals surface area contributed by atoms with E-state index < -0.39 is 24.0 Å². The van der Waals surface area contributed by atoms with Gasteiger partial charge in [0.15, 0.2) is 0 Å². The molecule has 3 amide bonds. The number of carboxylic acid groups (broad SMARTS) is 1. The number of aromatic nitrogens is 1. The summed E-state index contributed by atoms with van der Waals surface area (Å²) in [7, 11) is 0. The molecule has 2 aromatic rings.